The van der Waals surface area contributed by atoms with E-state index in [1.165, 1.54) is 0 Å². The second-order valence-corrected chi connectivity index (χ2v) is 5.87. The molecular weight excluding hydrogens is 443 g/mol. The summed E-state index contributed by atoms with van der Waals surface area (Å²) in [6.07, 6.45) is 0. The first-order valence-corrected chi connectivity index (χ1v) is 8.44. The number of guanidine groups is 1. The highest BCUT2D eigenvalue weighted by Gasteiger charge is 2.08. The molecule has 0 aliphatic carbocycles. The predicted molar refractivity (Wildman–Crippen MR) is 114 cm³/mol. The molecule has 3 aromatic rings. The minimum absolute atomic E-state index is 0. The first kappa shape index (κ1) is 20.2. The van der Waals surface area contributed by atoms with Gasteiger partial charge in [0.2, 0.25) is 5.89 Å². The number of nitrogens with zero attached hydrogens (tertiary/aromatic N) is 4. The minimum atomic E-state index is 0. The fraction of sp³-hybridized carbons (Fsp3) is 0.389. The molecule has 2 heterocycles. The second kappa shape index (κ2) is 9.02. The summed E-state index contributed by atoms with van der Waals surface area (Å²) in [4.78, 5) is 13.6. The minimum Gasteiger partial charge on any atom is -0.444 e. The molecule has 2 aromatic heterocycles. The summed E-state index contributed by atoms with van der Waals surface area (Å²) in [5.74, 6) is 3.13. The number of benzene rings is 1. The van der Waals surface area contributed by atoms with Gasteiger partial charge in [0, 0.05) is 13.6 Å². The molecule has 0 radical (unpaired) electrons. The molecule has 140 valence electrons. The van der Waals surface area contributed by atoms with Crippen LogP contribution in [0.25, 0.3) is 11.0 Å². The fourth-order valence-corrected chi connectivity index (χ4v) is 2.60. The average molecular weight is 468 g/mol. The highest BCUT2D eigenvalue weighted by molar-refractivity contribution is 14.0. The van der Waals surface area contributed by atoms with Gasteiger partial charge in [-0.25, -0.2) is 15.0 Å². The van der Waals surface area contributed by atoms with Crippen molar-refractivity contribution < 1.29 is 4.42 Å². The van der Waals surface area contributed by atoms with Crippen molar-refractivity contribution in [3.05, 3.63) is 47.4 Å². The van der Waals surface area contributed by atoms with E-state index in [0.29, 0.717) is 24.9 Å². The van der Waals surface area contributed by atoms with E-state index in [2.05, 4.69) is 36.2 Å². The van der Waals surface area contributed by atoms with E-state index in [0.717, 1.165) is 34.9 Å². The topological polar surface area (TPSA) is 80.3 Å². The molecule has 0 spiro atoms. The van der Waals surface area contributed by atoms with Crippen LogP contribution in [0.5, 0.6) is 0 Å². The zero-order chi connectivity index (χ0) is 17.8. The summed E-state index contributed by atoms with van der Waals surface area (Å²) < 4.78 is 7.66. The molecule has 3 rings (SSSR count). The number of para-hydroxylation sites is 2. The first-order chi connectivity index (χ1) is 12.1. The van der Waals surface area contributed by atoms with E-state index < -0.39 is 0 Å². The molecule has 1 aromatic carbocycles. The van der Waals surface area contributed by atoms with Crippen LogP contribution in [0.4, 0.5) is 0 Å². The molecule has 7 nitrogen and oxygen atoms in total. The smallest absolute Gasteiger partial charge is 0.214 e. The van der Waals surface area contributed by atoms with E-state index in [-0.39, 0.29) is 24.0 Å². The summed E-state index contributed by atoms with van der Waals surface area (Å²) in [7, 11) is 2.01. The second-order valence-electron chi connectivity index (χ2n) is 5.87. The van der Waals surface area contributed by atoms with Crippen molar-refractivity contribution in [1.29, 1.82) is 0 Å². The third kappa shape index (κ3) is 4.54. The SMILES string of the molecule is CCNC(=NCc1nc2ccccc2n1C)NCc1nc(C)c(C)o1.I. The third-order valence-electron chi connectivity index (χ3n) is 4.08. The van der Waals surface area contributed by atoms with Gasteiger partial charge in [-0.05, 0) is 32.9 Å². The summed E-state index contributed by atoms with van der Waals surface area (Å²) >= 11 is 0. The van der Waals surface area contributed by atoms with Gasteiger partial charge in [0.1, 0.15) is 18.1 Å². The highest BCUT2D eigenvalue weighted by atomic mass is 127. The van der Waals surface area contributed by atoms with Gasteiger partial charge >= 0.3 is 0 Å². The van der Waals surface area contributed by atoms with E-state index in [1.54, 1.807) is 0 Å². The van der Waals surface area contributed by atoms with Crippen molar-refractivity contribution >= 4 is 41.0 Å². The molecule has 0 fully saturated rings. The Morgan fingerprint density at radius 1 is 1.19 bits per heavy atom. The summed E-state index contributed by atoms with van der Waals surface area (Å²) in [5, 5.41) is 6.48. The van der Waals surface area contributed by atoms with Crippen LogP contribution in [0.2, 0.25) is 0 Å². The fourth-order valence-electron chi connectivity index (χ4n) is 2.60. The Labute approximate surface area is 170 Å². The van der Waals surface area contributed by atoms with E-state index in [9.17, 15) is 0 Å². The Morgan fingerprint density at radius 3 is 2.62 bits per heavy atom. The lowest BCUT2D eigenvalue weighted by atomic mass is 10.3. The van der Waals surface area contributed by atoms with Crippen LogP contribution in [0, 0.1) is 13.8 Å². The number of hydrogen-bond donors (Lipinski definition) is 2. The lowest BCUT2D eigenvalue weighted by Gasteiger charge is -2.09. The van der Waals surface area contributed by atoms with Gasteiger partial charge in [-0.3, -0.25) is 0 Å². The maximum Gasteiger partial charge on any atom is 0.214 e. The van der Waals surface area contributed by atoms with E-state index >= 15 is 0 Å². The normalized spacial score (nSPS) is 11.5. The number of hydrogen-bond acceptors (Lipinski definition) is 4. The molecule has 0 amide bonds. The average Bonchev–Trinajstić information content (AvgIpc) is 3.10. The number of aromatic nitrogens is 3. The van der Waals surface area contributed by atoms with Crippen LogP contribution in [-0.2, 0) is 20.1 Å². The summed E-state index contributed by atoms with van der Waals surface area (Å²) in [6, 6.07) is 8.09. The molecule has 26 heavy (non-hydrogen) atoms. The Balaban J connectivity index is 0.00000243. The number of rotatable bonds is 5. The molecule has 0 saturated heterocycles. The van der Waals surface area contributed by atoms with Gasteiger partial charge in [-0.1, -0.05) is 12.1 Å². The van der Waals surface area contributed by atoms with Crippen molar-refractivity contribution in [2.75, 3.05) is 6.54 Å². The molecule has 0 aliphatic rings. The van der Waals surface area contributed by atoms with Crippen LogP contribution >= 0.6 is 24.0 Å². The van der Waals surface area contributed by atoms with E-state index in [1.807, 2.05) is 46.0 Å². The van der Waals surface area contributed by atoms with Crippen molar-refractivity contribution in [3.63, 3.8) is 0 Å². The van der Waals surface area contributed by atoms with Crippen LogP contribution in [0.15, 0.2) is 33.7 Å². The maximum atomic E-state index is 5.59. The summed E-state index contributed by atoms with van der Waals surface area (Å²) in [5.41, 5.74) is 3.01. The molecule has 0 unspecified atom stereocenters. The number of aryl methyl sites for hydroxylation is 3. The number of aliphatic imine (C=N–C) groups is 1. The van der Waals surface area contributed by atoms with Gasteiger partial charge in [0.15, 0.2) is 5.96 Å². The number of fused-ring (bicyclic) bond motifs is 1. The molecule has 0 aliphatic heterocycles. The van der Waals surface area contributed by atoms with Gasteiger partial charge in [-0.15, -0.1) is 24.0 Å². The lowest BCUT2D eigenvalue weighted by Crippen LogP contribution is -2.37. The molecule has 0 saturated carbocycles. The molecular formula is C18H25IN6O. The molecule has 8 heteroatoms. The van der Waals surface area contributed by atoms with E-state index in [4.69, 9.17) is 4.42 Å². The Hall–Kier alpha value is -2.10. The van der Waals surface area contributed by atoms with Gasteiger partial charge in [0.25, 0.3) is 0 Å². The molecule has 0 bridgehead atoms. The number of halogens is 1. The van der Waals surface area contributed by atoms with Crippen LogP contribution in [0.1, 0.15) is 30.1 Å². The van der Waals surface area contributed by atoms with Gasteiger partial charge in [-0.2, -0.15) is 0 Å². The molecule has 0 atom stereocenters. The highest BCUT2D eigenvalue weighted by Crippen LogP contribution is 2.14. The van der Waals surface area contributed by atoms with Crippen LogP contribution in [0.3, 0.4) is 0 Å². The first-order valence-electron chi connectivity index (χ1n) is 8.44. The van der Waals surface area contributed by atoms with Crippen molar-refractivity contribution in [1.82, 2.24) is 25.2 Å². The van der Waals surface area contributed by atoms with Crippen LogP contribution < -0.4 is 10.6 Å². The lowest BCUT2D eigenvalue weighted by molar-refractivity contribution is 0.463. The number of nitrogens with one attached hydrogen (secondary N) is 2. The summed E-state index contributed by atoms with van der Waals surface area (Å²) in [6.45, 7) is 7.64. The zero-order valence-corrected chi connectivity index (χ0v) is 17.9. The van der Waals surface area contributed by atoms with Crippen molar-refractivity contribution in [3.8, 4) is 0 Å². The Kier molecular flexibility index (Phi) is 7.01. The predicted octanol–water partition coefficient (Wildman–Crippen LogP) is 3.05. The monoisotopic (exact) mass is 468 g/mol. The number of oxazole rings is 1. The van der Waals surface area contributed by atoms with Crippen molar-refractivity contribution in [2.45, 2.75) is 33.9 Å². The zero-order valence-electron chi connectivity index (χ0n) is 15.5. The van der Waals surface area contributed by atoms with Crippen molar-refractivity contribution in [2.24, 2.45) is 12.0 Å². The quantitative estimate of drug-likeness (QED) is 0.342. The molecule has 2 N–H and O–H groups in total. The van der Waals surface area contributed by atoms with Gasteiger partial charge in [0.05, 0.1) is 23.3 Å². The largest absolute Gasteiger partial charge is 0.444 e. The number of imidazole rings is 1. The third-order valence-corrected chi connectivity index (χ3v) is 4.08. The maximum absolute atomic E-state index is 5.59. The van der Waals surface area contributed by atoms with Gasteiger partial charge < -0.3 is 19.6 Å². The standard InChI is InChI=1S/C18H24N6O.HI/c1-5-19-18(21-11-17-22-12(2)13(3)25-17)20-10-16-23-14-8-6-7-9-15(14)24(16)4;/h6-9H,5,10-11H2,1-4H3,(H2,19,20,21);1H. The Bertz CT molecular complexity index is 879. The Morgan fingerprint density at radius 2 is 1.96 bits per heavy atom. The van der Waals surface area contributed by atoms with Crippen LogP contribution in [-0.4, -0.2) is 27.0 Å².